The molecule has 1 aromatic heterocycles. The standard InChI is InChI=1S/C19H23N5O2/c1-24(2)12-5-3-11(4-6-12)17-15(10-20)18(21)23-19(22-17)14-9-13(25)7-8-16(14)26/h7-9,11-12,25-26H,3-6H2,1-2H3,(H2,21,22,23). The number of anilines is 1. The normalized spacial score (nSPS) is 20.1. The van der Waals surface area contributed by atoms with Crippen LogP contribution in [-0.2, 0) is 0 Å². The van der Waals surface area contributed by atoms with Crippen molar-refractivity contribution in [1.82, 2.24) is 14.9 Å². The van der Waals surface area contributed by atoms with Crippen LogP contribution in [0.4, 0.5) is 5.82 Å². The van der Waals surface area contributed by atoms with Gasteiger partial charge in [0.2, 0.25) is 0 Å². The van der Waals surface area contributed by atoms with E-state index in [2.05, 4.69) is 35.0 Å². The minimum absolute atomic E-state index is 0.00243. The van der Waals surface area contributed by atoms with E-state index in [0.29, 0.717) is 22.9 Å². The van der Waals surface area contributed by atoms with E-state index in [4.69, 9.17) is 5.73 Å². The maximum absolute atomic E-state index is 10.1. The SMILES string of the molecule is CN(C)C1CCC(c2nc(-c3cc(O)ccc3O)nc(N)c2C#N)CC1. The molecule has 0 aliphatic heterocycles. The summed E-state index contributed by atoms with van der Waals surface area (Å²) in [5, 5.41) is 29.3. The van der Waals surface area contributed by atoms with Crippen LogP contribution in [0.15, 0.2) is 18.2 Å². The Labute approximate surface area is 152 Å². The van der Waals surface area contributed by atoms with Gasteiger partial charge in [-0.15, -0.1) is 0 Å². The van der Waals surface area contributed by atoms with Gasteiger partial charge >= 0.3 is 0 Å². The van der Waals surface area contributed by atoms with Crippen molar-refractivity contribution in [3.63, 3.8) is 0 Å². The van der Waals surface area contributed by atoms with Gasteiger partial charge in [0.1, 0.15) is 28.9 Å². The molecule has 1 aliphatic rings. The molecule has 1 aliphatic carbocycles. The van der Waals surface area contributed by atoms with Crippen molar-refractivity contribution >= 4 is 5.82 Å². The molecule has 0 radical (unpaired) electrons. The zero-order chi connectivity index (χ0) is 18.8. The van der Waals surface area contributed by atoms with Crippen molar-refractivity contribution in [2.75, 3.05) is 19.8 Å². The van der Waals surface area contributed by atoms with E-state index >= 15 is 0 Å². The summed E-state index contributed by atoms with van der Waals surface area (Å²) >= 11 is 0. The minimum atomic E-state index is -0.0471. The van der Waals surface area contributed by atoms with Crippen LogP contribution in [0.2, 0.25) is 0 Å². The largest absolute Gasteiger partial charge is 0.508 e. The second kappa shape index (κ2) is 7.18. The molecule has 1 saturated carbocycles. The smallest absolute Gasteiger partial charge is 0.165 e. The first-order chi connectivity index (χ1) is 12.4. The Balaban J connectivity index is 2.01. The van der Waals surface area contributed by atoms with E-state index in [1.54, 1.807) is 0 Å². The molecule has 0 spiro atoms. The maximum Gasteiger partial charge on any atom is 0.165 e. The molecule has 1 aromatic carbocycles. The highest BCUT2D eigenvalue weighted by Crippen LogP contribution is 2.38. The van der Waals surface area contributed by atoms with E-state index in [0.717, 1.165) is 25.7 Å². The summed E-state index contributed by atoms with van der Waals surface area (Å²) < 4.78 is 0. The lowest BCUT2D eigenvalue weighted by Crippen LogP contribution is -2.32. The van der Waals surface area contributed by atoms with Crippen molar-refractivity contribution in [3.05, 3.63) is 29.5 Å². The third-order valence-electron chi connectivity index (χ3n) is 5.11. The van der Waals surface area contributed by atoms with Crippen LogP contribution >= 0.6 is 0 Å². The van der Waals surface area contributed by atoms with Crippen molar-refractivity contribution in [3.8, 4) is 29.0 Å². The zero-order valence-corrected chi connectivity index (χ0v) is 15.0. The van der Waals surface area contributed by atoms with Gasteiger partial charge in [-0.1, -0.05) is 0 Å². The summed E-state index contributed by atoms with van der Waals surface area (Å²) in [5.41, 5.74) is 7.25. The molecule has 4 N–H and O–H groups in total. The van der Waals surface area contributed by atoms with Gasteiger partial charge in [0.05, 0.1) is 11.3 Å². The van der Waals surface area contributed by atoms with Crippen LogP contribution in [0.25, 0.3) is 11.4 Å². The molecule has 1 heterocycles. The first kappa shape index (κ1) is 18.0. The van der Waals surface area contributed by atoms with Crippen LogP contribution < -0.4 is 5.73 Å². The molecule has 2 aromatic rings. The van der Waals surface area contributed by atoms with Gasteiger partial charge in [0.25, 0.3) is 0 Å². The molecule has 26 heavy (non-hydrogen) atoms. The number of hydrogen-bond donors (Lipinski definition) is 3. The van der Waals surface area contributed by atoms with E-state index in [1.165, 1.54) is 18.2 Å². The number of nitrogens with two attached hydrogens (primary N) is 1. The molecule has 0 unspecified atom stereocenters. The fourth-order valence-electron chi connectivity index (χ4n) is 3.60. The second-order valence-electron chi connectivity index (χ2n) is 6.98. The lowest BCUT2D eigenvalue weighted by atomic mass is 9.82. The number of hydrogen-bond acceptors (Lipinski definition) is 7. The highest BCUT2D eigenvalue weighted by molar-refractivity contribution is 5.68. The molecule has 1 fully saturated rings. The summed E-state index contributed by atoms with van der Waals surface area (Å²) in [6.07, 6.45) is 3.89. The number of phenols is 2. The van der Waals surface area contributed by atoms with Gasteiger partial charge in [-0.05, 0) is 58.0 Å². The Morgan fingerprint density at radius 2 is 1.85 bits per heavy atom. The van der Waals surface area contributed by atoms with Crippen LogP contribution in [-0.4, -0.2) is 45.2 Å². The van der Waals surface area contributed by atoms with E-state index in [1.807, 2.05) is 0 Å². The van der Waals surface area contributed by atoms with Crippen molar-refractivity contribution in [2.24, 2.45) is 0 Å². The lowest BCUT2D eigenvalue weighted by molar-refractivity contribution is 0.215. The monoisotopic (exact) mass is 353 g/mol. The Bertz CT molecular complexity index is 852. The van der Waals surface area contributed by atoms with Gasteiger partial charge in [0, 0.05) is 12.0 Å². The topological polar surface area (TPSA) is 119 Å². The second-order valence-corrected chi connectivity index (χ2v) is 6.98. The van der Waals surface area contributed by atoms with Crippen LogP contribution in [0, 0.1) is 11.3 Å². The molecule has 7 heteroatoms. The molecule has 0 amide bonds. The average molecular weight is 353 g/mol. The fraction of sp³-hybridized carbons (Fsp3) is 0.421. The summed E-state index contributed by atoms with van der Waals surface area (Å²) in [5.74, 6) is 0.403. The van der Waals surface area contributed by atoms with Gasteiger partial charge in [-0.25, -0.2) is 9.97 Å². The summed E-state index contributed by atoms with van der Waals surface area (Å²) in [4.78, 5) is 11.0. The van der Waals surface area contributed by atoms with E-state index in [-0.39, 0.29) is 29.1 Å². The van der Waals surface area contributed by atoms with E-state index < -0.39 is 0 Å². The highest BCUT2D eigenvalue weighted by atomic mass is 16.3. The number of nitriles is 1. The number of benzene rings is 1. The average Bonchev–Trinajstić information content (AvgIpc) is 2.63. The zero-order valence-electron chi connectivity index (χ0n) is 15.0. The molecule has 0 atom stereocenters. The van der Waals surface area contributed by atoms with Crippen molar-refractivity contribution in [1.29, 1.82) is 5.26 Å². The first-order valence-electron chi connectivity index (χ1n) is 8.67. The molecule has 0 saturated heterocycles. The van der Waals surface area contributed by atoms with Gasteiger partial charge in [-0.3, -0.25) is 0 Å². The van der Waals surface area contributed by atoms with E-state index in [9.17, 15) is 15.5 Å². The fourth-order valence-corrected chi connectivity index (χ4v) is 3.60. The molecule has 0 bridgehead atoms. The predicted molar refractivity (Wildman–Crippen MR) is 98.6 cm³/mol. The third-order valence-corrected chi connectivity index (χ3v) is 5.11. The third kappa shape index (κ3) is 3.41. The number of aromatic hydroxyl groups is 2. The van der Waals surface area contributed by atoms with Crippen LogP contribution in [0.3, 0.4) is 0 Å². The summed E-state index contributed by atoms with van der Waals surface area (Å²) in [6.45, 7) is 0. The van der Waals surface area contributed by atoms with Gasteiger partial charge < -0.3 is 20.8 Å². The van der Waals surface area contributed by atoms with Gasteiger partial charge in [0.15, 0.2) is 5.82 Å². The molecular formula is C19H23N5O2. The number of nitrogens with zero attached hydrogens (tertiary/aromatic N) is 4. The molecular weight excluding hydrogens is 330 g/mol. The highest BCUT2D eigenvalue weighted by Gasteiger charge is 2.28. The molecule has 7 nitrogen and oxygen atoms in total. The Hall–Kier alpha value is -2.85. The molecule has 3 rings (SSSR count). The Kier molecular flexibility index (Phi) is 4.96. The van der Waals surface area contributed by atoms with Crippen LogP contribution in [0.1, 0.15) is 42.9 Å². The van der Waals surface area contributed by atoms with Crippen molar-refractivity contribution in [2.45, 2.75) is 37.6 Å². The minimum Gasteiger partial charge on any atom is -0.508 e. The van der Waals surface area contributed by atoms with Crippen LogP contribution in [0.5, 0.6) is 11.5 Å². The molecule has 136 valence electrons. The lowest BCUT2D eigenvalue weighted by Gasteiger charge is -2.32. The Morgan fingerprint density at radius 1 is 1.15 bits per heavy atom. The summed E-state index contributed by atoms with van der Waals surface area (Å²) in [7, 11) is 4.16. The number of phenolic OH excluding ortho intramolecular Hbond substituents is 2. The first-order valence-corrected chi connectivity index (χ1v) is 8.67. The maximum atomic E-state index is 10.1. The number of rotatable bonds is 3. The predicted octanol–water partition coefficient (Wildman–Crippen LogP) is 2.60. The number of aromatic nitrogens is 2. The van der Waals surface area contributed by atoms with Gasteiger partial charge in [-0.2, -0.15) is 5.26 Å². The van der Waals surface area contributed by atoms with Crippen molar-refractivity contribution < 1.29 is 10.2 Å². The number of nitrogen functional groups attached to an aromatic ring is 1. The quantitative estimate of drug-likeness (QED) is 0.725. The Morgan fingerprint density at radius 3 is 2.46 bits per heavy atom. The summed E-state index contributed by atoms with van der Waals surface area (Å²) in [6, 6.07) is 6.82.